The molecule has 0 aliphatic carbocycles. The minimum absolute atomic E-state index is 0.0530. The first-order valence-corrected chi connectivity index (χ1v) is 8.60. The van der Waals surface area contributed by atoms with Crippen molar-refractivity contribution in [1.82, 2.24) is 9.80 Å². The SMILES string of the molecule is CCOC(=O)N1CCN(C(=O)[C@H]2CCOc3ccccc3C2)CC1. The fraction of sp³-hybridized carbons (Fsp3) is 0.556. The number of carbonyl (C=O) groups excluding carboxylic acids is 2. The van der Waals surface area contributed by atoms with Gasteiger partial charge in [-0.1, -0.05) is 18.2 Å². The van der Waals surface area contributed by atoms with Crippen LogP contribution >= 0.6 is 0 Å². The Morgan fingerprint density at radius 2 is 1.88 bits per heavy atom. The van der Waals surface area contributed by atoms with Crippen LogP contribution in [0.1, 0.15) is 18.9 Å². The molecule has 1 atom stereocenters. The minimum Gasteiger partial charge on any atom is -0.493 e. The predicted molar refractivity (Wildman–Crippen MR) is 88.9 cm³/mol. The van der Waals surface area contributed by atoms with Gasteiger partial charge in [0.1, 0.15) is 5.75 Å². The van der Waals surface area contributed by atoms with Gasteiger partial charge in [0.2, 0.25) is 5.91 Å². The Labute approximate surface area is 142 Å². The third-order valence-corrected chi connectivity index (χ3v) is 4.63. The molecule has 24 heavy (non-hydrogen) atoms. The van der Waals surface area contributed by atoms with Gasteiger partial charge in [-0.3, -0.25) is 4.79 Å². The fourth-order valence-electron chi connectivity index (χ4n) is 3.29. The summed E-state index contributed by atoms with van der Waals surface area (Å²) >= 11 is 0. The Morgan fingerprint density at radius 3 is 2.62 bits per heavy atom. The van der Waals surface area contributed by atoms with Crippen molar-refractivity contribution in [3.8, 4) is 5.75 Å². The molecular weight excluding hydrogens is 308 g/mol. The zero-order valence-corrected chi connectivity index (χ0v) is 14.1. The number of hydrogen-bond acceptors (Lipinski definition) is 4. The van der Waals surface area contributed by atoms with Crippen LogP contribution in [0.25, 0.3) is 0 Å². The van der Waals surface area contributed by atoms with Gasteiger partial charge in [0.25, 0.3) is 0 Å². The number of ether oxygens (including phenoxy) is 2. The number of benzene rings is 1. The maximum atomic E-state index is 12.9. The number of fused-ring (bicyclic) bond motifs is 1. The molecule has 3 rings (SSSR count). The molecule has 2 aliphatic rings. The van der Waals surface area contributed by atoms with E-state index < -0.39 is 0 Å². The van der Waals surface area contributed by atoms with Gasteiger partial charge in [-0.25, -0.2) is 4.79 Å². The van der Waals surface area contributed by atoms with E-state index in [0.717, 1.165) is 17.7 Å². The molecule has 0 spiro atoms. The smallest absolute Gasteiger partial charge is 0.409 e. The molecule has 1 saturated heterocycles. The van der Waals surface area contributed by atoms with E-state index in [1.807, 2.05) is 29.2 Å². The van der Waals surface area contributed by atoms with Crippen LogP contribution in [0.15, 0.2) is 24.3 Å². The molecule has 1 aromatic rings. The van der Waals surface area contributed by atoms with Gasteiger partial charge in [0, 0.05) is 32.1 Å². The second kappa shape index (κ2) is 7.55. The summed E-state index contributed by atoms with van der Waals surface area (Å²) in [6.45, 7) is 4.93. The van der Waals surface area contributed by atoms with Crippen molar-refractivity contribution >= 4 is 12.0 Å². The third kappa shape index (κ3) is 3.63. The topological polar surface area (TPSA) is 59.1 Å². The van der Waals surface area contributed by atoms with E-state index in [2.05, 4.69) is 0 Å². The lowest BCUT2D eigenvalue weighted by atomic mass is 9.95. The van der Waals surface area contributed by atoms with Gasteiger partial charge < -0.3 is 19.3 Å². The van der Waals surface area contributed by atoms with E-state index in [0.29, 0.717) is 45.8 Å². The van der Waals surface area contributed by atoms with E-state index in [-0.39, 0.29) is 17.9 Å². The van der Waals surface area contributed by atoms with Crippen LogP contribution in [0.3, 0.4) is 0 Å². The summed E-state index contributed by atoms with van der Waals surface area (Å²) < 4.78 is 10.8. The average molecular weight is 332 g/mol. The average Bonchev–Trinajstić information content (AvgIpc) is 2.84. The molecule has 0 aromatic heterocycles. The standard InChI is InChI=1S/C18H24N2O4/c1-2-23-18(22)20-10-8-19(9-11-20)17(21)15-7-12-24-16-6-4-3-5-14(16)13-15/h3-6,15H,2,7-13H2,1H3/t15-/m0/s1. The van der Waals surface area contributed by atoms with Crippen LogP contribution < -0.4 is 4.74 Å². The highest BCUT2D eigenvalue weighted by atomic mass is 16.6. The predicted octanol–water partition coefficient (Wildman–Crippen LogP) is 1.93. The quantitative estimate of drug-likeness (QED) is 0.830. The van der Waals surface area contributed by atoms with Crippen LogP contribution in [0.5, 0.6) is 5.75 Å². The second-order valence-corrected chi connectivity index (χ2v) is 6.16. The van der Waals surface area contributed by atoms with Crippen molar-refractivity contribution in [2.75, 3.05) is 39.4 Å². The molecule has 2 amide bonds. The molecule has 1 aromatic carbocycles. The molecular formula is C18H24N2O4. The summed E-state index contributed by atoms with van der Waals surface area (Å²) in [6.07, 6.45) is 1.15. The molecule has 0 bridgehead atoms. The first kappa shape index (κ1) is 16.6. The zero-order valence-electron chi connectivity index (χ0n) is 14.1. The summed E-state index contributed by atoms with van der Waals surface area (Å²) in [7, 11) is 0. The van der Waals surface area contributed by atoms with Crippen molar-refractivity contribution in [1.29, 1.82) is 0 Å². The van der Waals surface area contributed by atoms with Gasteiger partial charge in [-0.05, 0) is 31.4 Å². The third-order valence-electron chi connectivity index (χ3n) is 4.63. The van der Waals surface area contributed by atoms with Crippen molar-refractivity contribution in [3.63, 3.8) is 0 Å². The van der Waals surface area contributed by atoms with Crippen molar-refractivity contribution in [2.45, 2.75) is 19.8 Å². The molecule has 6 nitrogen and oxygen atoms in total. The molecule has 0 radical (unpaired) electrons. The summed E-state index contributed by atoms with van der Waals surface area (Å²) in [5.74, 6) is 1.00. The lowest BCUT2D eigenvalue weighted by Gasteiger charge is -2.35. The van der Waals surface area contributed by atoms with Crippen LogP contribution in [0, 0.1) is 5.92 Å². The summed E-state index contributed by atoms with van der Waals surface area (Å²) in [5, 5.41) is 0. The normalized spacial score (nSPS) is 20.6. The van der Waals surface area contributed by atoms with Gasteiger partial charge in [-0.15, -0.1) is 0 Å². The highest BCUT2D eigenvalue weighted by molar-refractivity contribution is 5.80. The largest absolute Gasteiger partial charge is 0.493 e. The molecule has 0 N–H and O–H groups in total. The minimum atomic E-state index is -0.290. The van der Waals surface area contributed by atoms with E-state index in [9.17, 15) is 9.59 Å². The highest BCUT2D eigenvalue weighted by Gasteiger charge is 2.31. The summed E-state index contributed by atoms with van der Waals surface area (Å²) in [4.78, 5) is 28.1. The lowest BCUT2D eigenvalue weighted by molar-refractivity contribution is -0.137. The van der Waals surface area contributed by atoms with Crippen LogP contribution in [-0.2, 0) is 16.0 Å². The molecule has 6 heteroatoms. The Morgan fingerprint density at radius 1 is 1.17 bits per heavy atom. The number of rotatable bonds is 2. The first-order chi connectivity index (χ1) is 11.7. The number of piperazine rings is 1. The number of amides is 2. The van der Waals surface area contributed by atoms with Crippen molar-refractivity contribution < 1.29 is 19.1 Å². The molecule has 0 unspecified atom stereocenters. The summed E-state index contributed by atoms with van der Waals surface area (Å²) in [5.41, 5.74) is 1.10. The van der Waals surface area contributed by atoms with Gasteiger partial charge in [-0.2, -0.15) is 0 Å². The lowest BCUT2D eigenvalue weighted by Crippen LogP contribution is -2.52. The van der Waals surface area contributed by atoms with E-state index >= 15 is 0 Å². The molecule has 1 fully saturated rings. The summed E-state index contributed by atoms with van der Waals surface area (Å²) in [6, 6.07) is 7.92. The molecule has 2 heterocycles. The number of nitrogens with zero attached hydrogens (tertiary/aromatic N) is 2. The number of hydrogen-bond donors (Lipinski definition) is 0. The Balaban J connectivity index is 1.58. The van der Waals surface area contributed by atoms with Crippen LogP contribution in [0.4, 0.5) is 4.79 Å². The highest BCUT2D eigenvalue weighted by Crippen LogP contribution is 2.27. The van der Waals surface area contributed by atoms with E-state index in [1.165, 1.54) is 0 Å². The number of para-hydroxylation sites is 1. The fourth-order valence-corrected chi connectivity index (χ4v) is 3.29. The Kier molecular flexibility index (Phi) is 5.23. The Bertz CT molecular complexity index is 596. The number of carbonyl (C=O) groups is 2. The maximum Gasteiger partial charge on any atom is 0.409 e. The van der Waals surface area contributed by atoms with Crippen LogP contribution in [-0.4, -0.2) is 61.2 Å². The zero-order chi connectivity index (χ0) is 16.9. The van der Waals surface area contributed by atoms with E-state index in [4.69, 9.17) is 9.47 Å². The monoisotopic (exact) mass is 332 g/mol. The maximum absolute atomic E-state index is 12.9. The van der Waals surface area contributed by atoms with Gasteiger partial charge >= 0.3 is 6.09 Å². The van der Waals surface area contributed by atoms with Gasteiger partial charge in [0.15, 0.2) is 0 Å². The van der Waals surface area contributed by atoms with Crippen LogP contribution in [0.2, 0.25) is 0 Å². The van der Waals surface area contributed by atoms with Crippen molar-refractivity contribution in [2.24, 2.45) is 5.92 Å². The van der Waals surface area contributed by atoms with Gasteiger partial charge in [0.05, 0.1) is 13.2 Å². The second-order valence-electron chi connectivity index (χ2n) is 6.16. The molecule has 0 saturated carbocycles. The molecule has 130 valence electrons. The van der Waals surface area contributed by atoms with Crippen molar-refractivity contribution in [3.05, 3.63) is 29.8 Å². The molecule has 2 aliphatic heterocycles. The Hall–Kier alpha value is -2.24. The van der Waals surface area contributed by atoms with E-state index in [1.54, 1.807) is 11.8 Å². The first-order valence-electron chi connectivity index (χ1n) is 8.60.